The lowest BCUT2D eigenvalue weighted by atomic mass is 10.0. The molecule has 1 nitrogen and oxygen atoms in total. The van der Waals surface area contributed by atoms with E-state index in [1.54, 1.807) is 12.4 Å². The Hall–Kier alpha value is -0.820. The molecule has 0 N–H and O–H groups in total. The maximum absolute atomic E-state index is 5.75. The Morgan fingerprint density at radius 2 is 2.36 bits per heavy atom. The average Bonchev–Trinajstić information content (AvgIpc) is 2.03. The molecule has 0 saturated heterocycles. The third-order valence-electron chi connectivity index (χ3n) is 1.61. The molecule has 0 saturated carbocycles. The number of halogens is 1. The van der Waals surface area contributed by atoms with Gasteiger partial charge in [0.1, 0.15) is 0 Å². The Morgan fingerprint density at radius 1 is 1.64 bits per heavy atom. The van der Waals surface area contributed by atoms with Gasteiger partial charge < -0.3 is 0 Å². The molecular formula is C9H10ClN. The largest absolute Gasteiger partial charge is 0.263 e. The van der Waals surface area contributed by atoms with Crippen LogP contribution in [0.4, 0.5) is 0 Å². The van der Waals surface area contributed by atoms with Gasteiger partial charge in [-0.05, 0) is 11.6 Å². The lowest BCUT2D eigenvalue weighted by molar-refractivity contribution is 0.957. The van der Waals surface area contributed by atoms with Gasteiger partial charge in [-0.25, -0.2) is 0 Å². The second-order valence-electron chi connectivity index (χ2n) is 2.46. The highest BCUT2D eigenvalue weighted by Crippen LogP contribution is 2.17. The third-order valence-corrected chi connectivity index (χ3v) is 1.81. The van der Waals surface area contributed by atoms with Gasteiger partial charge >= 0.3 is 0 Å². The maximum atomic E-state index is 5.75. The predicted octanol–water partition coefficient (Wildman–Crippen LogP) is 3.02. The van der Waals surface area contributed by atoms with Crippen molar-refractivity contribution in [2.45, 2.75) is 12.8 Å². The van der Waals surface area contributed by atoms with E-state index < -0.39 is 0 Å². The van der Waals surface area contributed by atoms with Crippen LogP contribution in [0.25, 0.3) is 0 Å². The normalized spacial score (nSPS) is 12.5. The summed E-state index contributed by atoms with van der Waals surface area (Å²) in [6.45, 7) is 5.75. The molecule has 1 aromatic rings. The van der Waals surface area contributed by atoms with E-state index in [2.05, 4.69) is 18.5 Å². The lowest BCUT2D eigenvalue weighted by Crippen LogP contribution is -1.88. The molecule has 0 amide bonds. The second-order valence-corrected chi connectivity index (χ2v) is 2.90. The summed E-state index contributed by atoms with van der Waals surface area (Å²) in [7, 11) is 0. The van der Waals surface area contributed by atoms with Gasteiger partial charge in [-0.1, -0.05) is 24.6 Å². The van der Waals surface area contributed by atoms with Crippen molar-refractivity contribution in [3.8, 4) is 0 Å². The van der Waals surface area contributed by atoms with Crippen LogP contribution in [-0.2, 0) is 0 Å². The summed E-state index contributed by atoms with van der Waals surface area (Å²) in [4.78, 5) is 3.97. The Kier molecular flexibility index (Phi) is 2.66. The van der Waals surface area contributed by atoms with Crippen molar-refractivity contribution in [2.24, 2.45) is 0 Å². The first kappa shape index (κ1) is 8.28. The van der Waals surface area contributed by atoms with Crippen LogP contribution >= 0.6 is 11.6 Å². The lowest BCUT2D eigenvalue weighted by Gasteiger charge is -2.04. The zero-order chi connectivity index (χ0) is 8.27. The van der Waals surface area contributed by atoms with Crippen molar-refractivity contribution in [1.29, 1.82) is 0 Å². The van der Waals surface area contributed by atoms with Gasteiger partial charge in [0.25, 0.3) is 0 Å². The van der Waals surface area contributed by atoms with Crippen molar-refractivity contribution in [2.75, 3.05) is 0 Å². The molecule has 2 heteroatoms. The van der Waals surface area contributed by atoms with Gasteiger partial charge in [-0.15, -0.1) is 6.58 Å². The van der Waals surface area contributed by atoms with Gasteiger partial charge in [0, 0.05) is 18.3 Å². The summed E-state index contributed by atoms with van der Waals surface area (Å²) < 4.78 is 0. The van der Waals surface area contributed by atoms with E-state index in [1.165, 1.54) is 0 Å². The zero-order valence-electron chi connectivity index (χ0n) is 6.42. The number of nitrogens with zero attached hydrogens (tertiary/aromatic N) is 1. The standard InChI is InChI=1S/C9H10ClN/c1-3-7(2)8-4-9(10)6-11-5-8/h3-7H,1H2,2H3. The highest BCUT2D eigenvalue weighted by molar-refractivity contribution is 6.30. The molecule has 0 radical (unpaired) electrons. The van der Waals surface area contributed by atoms with Gasteiger partial charge in [0.2, 0.25) is 0 Å². The quantitative estimate of drug-likeness (QED) is 0.617. The minimum atomic E-state index is 0.321. The van der Waals surface area contributed by atoms with Crippen LogP contribution in [0.1, 0.15) is 18.4 Å². The van der Waals surface area contributed by atoms with Crippen molar-refractivity contribution in [3.05, 3.63) is 41.7 Å². The van der Waals surface area contributed by atoms with Crippen LogP contribution in [0.5, 0.6) is 0 Å². The molecule has 0 aliphatic rings. The number of allylic oxidation sites excluding steroid dienone is 1. The van der Waals surface area contributed by atoms with Crippen LogP contribution in [-0.4, -0.2) is 4.98 Å². The van der Waals surface area contributed by atoms with E-state index >= 15 is 0 Å². The Balaban J connectivity index is 2.95. The number of hydrogen-bond acceptors (Lipinski definition) is 1. The average molecular weight is 168 g/mol. The third kappa shape index (κ3) is 2.05. The summed E-state index contributed by atoms with van der Waals surface area (Å²) in [5.41, 5.74) is 1.10. The first-order valence-corrected chi connectivity index (χ1v) is 3.85. The van der Waals surface area contributed by atoms with Crippen molar-refractivity contribution in [1.82, 2.24) is 4.98 Å². The van der Waals surface area contributed by atoms with Gasteiger partial charge in [0.15, 0.2) is 0 Å². The molecule has 0 fully saturated rings. The molecule has 1 heterocycles. The summed E-state index contributed by atoms with van der Waals surface area (Å²) in [5, 5.41) is 0.677. The fourth-order valence-corrected chi connectivity index (χ4v) is 0.996. The van der Waals surface area contributed by atoms with Crippen LogP contribution in [0.3, 0.4) is 0 Å². The van der Waals surface area contributed by atoms with Gasteiger partial charge in [-0.3, -0.25) is 4.98 Å². The molecule has 1 rings (SSSR count). The van der Waals surface area contributed by atoms with E-state index in [0.29, 0.717) is 10.9 Å². The monoisotopic (exact) mass is 167 g/mol. The fourth-order valence-electron chi connectivity index (χ4n) is 0.813. The Labute approximate surface area is 71.7 Å². The van der Waals surface area contributed by atoms with Crippen LogP contribution in [0, 0.1) is 0 Å². The summed E-state index contributed by atoms with van der Waals surface area (Å²) >= 11 is 5.75. The van der Waals surface area contributed by atoms with Gasteiger partial charge in [0.05, 0.1) is 5.02 Å². The highest BCUT2D eigenvalue weighted by Gasteiger charge is 2.00. The van der Waals surface area contributed by atoms with Crippen LogP contribution in [0.2, 0.25) is 5.02 Å². The number of rotatable bonds is 2. The summed E-state index contributed by atoms with van der Waals surface area (Å²) in [5.74, 6) is 0.321. The van der Waals surface area contributed by atoms with Crippen molar-refractivity contribution in [3.63, 3.8) is 0 Å². The minimum Gasteiger partial charge on any atom is -0.263 e. The summed E-state index contributed by atoms with van der Waals surface area (Å²) in [6, 6.07) is 1.90. The summed E-state index contributed by atoms with van der Waals surface area (Å²) in [6.07, 6.45) is 5.30. The van der Waals surface area contributed by atoms with E-state index in [9.17, 15) is 0 Å². The molecule has 0 aromatic carbocycles. The first-order valence-electron chi connectivity index (χ1n) is 3.47. The van der Waals surface area contributed by atoms with Crippen molar-refractivity contribution >= 4 is 11.6 Å². The highest BCUT2D eigenvalue weighted by atomic mass is 35.5. The molecule has 1 atom stereocenters. The topological polar surface area (TPSA) is 12.9 Å². The van der Waals surface area contributed by atoms with Gasteiger partial charge in [-0.2, -0.15) is 0 Å². The van der Waals surface area contributed by atoms with E-state index in [-0.39, 0.29) is 0 Å². The number of pyridine rings is 1. The Bertz CT molecular complexity index is 257. The maximum Gasteiger partial charge on any atom is 0.0592 e. The smallest absolute Gasteiger partial charge is 0.0592 e. The van der Waals surface area contributed by atoms with Crippen LogP contribution < -0.4 is 0 Å². The molecule has 0 aliphatic carbocycles. The number of aromatic nitrogens is 1. The predicted molar refractivity (Wildman–Crippen MR) is 47.9 cm³/mol. The van der Waals surface area contributed by atoms with Crippen LogP contribution in [0.15, 0.2) is 31.1 Å². The minimum absolute atomic E-state index is 0.321. The SMILES string of the molecule is C=CC(C)c1cncc(Cl)c1. The zero-order valence-corrected chi connectivity index (χ0v) is 7.17. The number of hydrogen-bond donors (Lipinski definition) is 0. The molecule has 0 spiro atoms. The molecule has 11 heavy (non-hydrogen) atoms. The molecular weight excluding hydrogens is 158 g/mol. The molecule has 58 valence electrons. The first-order chi connectivity index (χ1) is 5.24. The Morgan fingerprint density at radius 3 is 2.91 bits per heavy atom. The molecule has 0 bridgehead atoms. The molecule has 1 aromatic heterocycles. The van der Waals surface area contributed by atoms with E-state index in [1.807, 2.05) is 12.1 Å². The fraction of sp³-hybridized carbons (Fsp3) is 0.222. The molecule has 1 unspecified atom stereocenters. The second kappa shape index (κ2) is 3.54. The van der Waals surface area contributed by atoms with E-state index in [4.69, 9.17) is 11.6 Å². The van der Waals surface area contributed by atoms with E-state index in [0.717, 1.165) is 5.56 Å². The van der Waals surface area contributed by atoms with Crippen molar-refractivity contribution < 1.29 is 0 Å². The molecule has 0 aliphatic heterocycles.